The van der Waals surface area contributed by atoms with Crippen LogP contribution in [-0.2, 0) is 17.6 Å². The topological polar surface area (TPSA) is 68.4 Å². The molecule has 0 aliphatic carbocycles. The Kier molecular flexibility index (Phi) is 4.34. The molecule has 2 N–H and O–H groups in total. The van der Waals surface area contributed by atoms with E-state index in [2.05, 4.69) is 47.6 Å². The van der Waals surface area contributed by atoms with E-state index in [0.717, 1.165) is 24.0 Å². The van der Waals surface area contributed by atoms with Crippen LogP contribution in [0.4, 0.5) is 4.79 Å². The molecule has 3 rings (SSSR count). The van der Waals surface area contributed by atoms with Crippen molar-refractivity contribution in [3.63, 3.8) is 0 Å². The van der Waals surface area contributed by atoms with Gasteiger partial charge >= 0.3 is 6.03 Å². The molecular weight excluding hydrogens is 292 g/mol. The van der Waals surface area contributed by atoms with Crippen LogP contribution in [0.5, 0.6) is 0 Å². The van der Waals surface area contributed by atoms with Gasteiger partial charge in [-0.3, -0.25) is 9.69 Å². The van der Waals surface area contributed by atoms with Gasteiger partial charge < -0.3 is 15.2 Å². The van der Waals surface area contributed by atoms with Gasteiger partial charge in [0, 0.05) is 30.2 Å². The molecule has 6 nitrogen and oxygen atoms in total. The zero-order valence-corrected chi connectivity index (χ0v) is 13.6. The van der Waals surface area contributed by atoms with E-state index in [0.29, 0.717) is 13.0 Å². The molecule has 0 saturated carbocycles. The molecule has 1 aromatic heterocycles. The molecule has 1 saturated heterocycles. The van der Waals surface area contributed by atoms with Crippen LogP contribution in [-0.4, -0.2) is 60.5 Å². The van der Waals surface area contributed by atoms with Crippen LogP contribution in [0.3, 0.4) is 0 Å². The Morgan fingerprint density at radius 3 is 2.74 bits per heavy atom. The number of urea groups is 1. The average molecular weight is 314 g/mol. The van der Waals surface area contributed by atoms with Crippen molar-refractivity contribution in [1.29, 1.82) is 0 Å². The molecule has 1 aromatic carbocycles. The lowest BCUT2D eigenvalue weighted by molar-refractivity contribution is -0.124. The molecule has 0 spiro atoms. The number of nitrogens with zero attached hydrogens (tertiary/aromatic N) is 2. The SMILES string of the molecule is CN(C)CCc1c[nH]c2ccc(CCN3C(=O)CNC3=O)cc12. The summed E-state index contributed by atoms with van der Waals surface area (Å²) in [6.07, 6.45) is 3.73. The molecule has 0 unspecified atom stereocenters. The quantitative estimate of drug-likeness (QED) is 0.791. The van der Waals surface area contributed by atoms with Crippen LogP contribution in [0.2, 0.25) is 0 Å². The van der Waals surface area contributed by atoms with E-state index in [1.54, 1.807) is 0 Å². The van der Waals surface area contributed by atoms with Gasteiger partial charge in [0.2, 0.25) is 5.91 Å². The highest BCUT2D eigenvalue weighted by Gasteiger charge is 2.27. The second-order valence-electron chi connectivity index (χ2n) is 6.20. The summed E-state index contributed by atoms with van der Waals surface area (Å²) in [7, 11) is 4.14. The number of nitrogens with one attached hydrogen (secondary N) is 2. The minimum Gasteiger partial charge on any atom is -0.361 e. The first-order valence-electron chi connectivity index (χ1n) is 7.86. The Morgan fingerprint density at radius 2 is 2.04 bits per heavy atom. The van der Waals surface area contributed by atoms with E-state index in [1.165, 1.54) is 15.8 Å². The zero-order chi connectivity index (χ0) is 16.4. The lowest BCUT2D eigenvalue weighted by atomic mass is 10.1. The Labute approximate surface area is 135 Å². The molecule has 0 bridgehead atoms. The van der Waals surface area contributed by atoms with Crippen LogP contribution in [0.15, 0.2) is 24.4 Å². The average Bonchev–Trinajstić information content (AvgIpc) is 3.07. The van der Waals surface area contributed by atoms with Gasteiger partial charge in [-0.1, -0.05) is 6.07 Å². The zero-order valence-electron chi connectivity index (χ0n) is 13.6. The number of imide groups is 1. The lowest BCUT2D eigenvalue weighted by Gasteiger charge is -2.12. The highest BCUT2D eigenvalue weighted by Crippen LogP contribution is 2.21. The molecule has 3 amide bonds. The largest absolute Gasteiger partial charge is 0.361 e. The molecular formula is C17H22N4O2. The molecule has 0 radical (unpaired) electrons. The third kappa shape index (κ3) is 3.37. The van der Waals surface area contributed by atoms with Crippen LogP contribution < -0.4 is 5.32 Å². The number of rotatable bonds is 6. The van der Waals surface area contributed by atoms with Crippen molar-refractivity contribution >= 4 is 22.8 Å². The molecule has 1 aliphatic heterocycles. The maximum Gasteiger partial charge on any atom is 0.324 e. The number of carbonyl (C=O) groups excluding carboxylic acids is 2. The van der Waals surface area contributed by atoms with Gasteiger partial charge in [0.25, 0.3) is 0 Å². The molecule has 2 heterocycles. The number of hydrogen-bond donors (Lipinski definition) is 2. The standard InChI is InChI=1S/C17H22N4O2/c1-20(2)7-6-13-10-18-15-4-3-12(9-14(13)15)5-8-21-16(22)11-19-17(21)23/h3-4,9-10,18H,5-8,11H2,1-2H3,(H,19,23). The van der Waals surface area contributed by atoms with E-state index in [9.17, 15) is 9.59 Å². The minimum atomic E-state index is -0.288. The smallest absolute Gasteiger partial charge is 0.324 e. The summed E-state index contributed by atoms with van der Waals surface area (Å²) in [6.45, 7) is 1.54. The summed E-state index contributed by atoms with van der Waals surface area (Å²) >= 11 is 0. The van der Waals surface area contributed by atoms with Crippen molar-refractivity contribution in [3.8, 4) is 0 Å². The summed E-state index contributed by atoms with van der Waals surface area (Å²) < 4.78 is 0. The number of H-pyrrole nitrogens is 1. The number of benzene rings is 1. The number of likely N-dealkylation sites (N-methyl/N-ethyl adjacent to an activating group) is 1. The summed E-state index contributed by atoms with van der Waals surface area (Å²) in [4.78, 5) is 29.9. The fourth-order valence-electron chi connectivity index (χ4n) is 2.85. The Hall–Kier alpha value is -2.34. The Balaban J connectivity index is 1.72. The normalized spacial score (nSPS) is 15.0. The number of hydrogen-bond acceptors (Lipinski definition) is 3. The first-order chi connectivity index (χ1) is 11.0. The maximum atomic E-state index is 11.6. The highest BCUT2D eigenvalue weighted by molar-refractivity contribution is 6.01. The summed E-state index contributed by atoms with van der Waals surface area (Å²) in [5.74, 6) is -0.149. The van der Waals surface area contributed by atoms with Crippen molar-refractivity contribution in [2.45, 2.75) is 12.8 Å². The summed E-state index contributed by atoms with van der Waals surface area (Å²) in [5, 5.41) is 3.77. The highest BCUT2D eigenvalue weighted by atomic mass is 16.2. The van der Waals surface area contributed by atoms with E-state index < -0.39 is 0 Å². The van der Waals surface area contributed by atoms with Gasteiger partial charge in [-0.15, -0.1) is 0 Å². The second-order valence-corrected chi connectivity index (χ2v) is 6.20. The number of carbonyl (C=O) groups is 2. The predicted octanol–water partition coefficient (Wildman–Crippen LogP) is 1.37. The lowest BCUT2D eigenvalue weighted by Crippen LogP contribution is -2.32. The van der Waals surface area contributed by atoms with Gasteiger partial charge in [0.1, 0.15) is 0 Å². The maximum absolute atomic E-state index is 11.6. The number of amides is 3. The fourth-order valence-corrected chi connectivity index (χ4v) is 2.85. The molecule has 122 valence electrons. The minimum absolute atomic E-state index is 0.115. The molecule has 1 fully saturated rings. The first kappa shape index (κ1) is 15.6. The predicted molar refractivity (Wildman–Crippen MR) is 89.4 cm³/mol. The van der Waals surface area contributed by atoms with Crippen LogP contribution in [0.25, 0.3) is 10.9 Å². The second kappa shape index (κ2) is 6.42. The van der Waals surface area contributed by atoms with Crippen molar-refractivity contribution in [2.24, 2.45) is 0 Å². The van der Waals surface area contributed by atoms with Crippen molar-refractivity contribution in [2.75, 3.05) is 33.7 Å². The van der Waals surface area contributed by atoms with E-state index in [1.807, 2.05) is 6.07 Å². The molecule has 23 heavy (non-hydrogen) atoms. The van der Waals surface area contributed by atoms with Gasteiger partial charge in [0.15, 0.2) is 0 Å². The van der Waals surface area contributed by atoms with Gasteiger partial charge in [-0.2, -0.15) is 0 Å². The third-order valence-electron chi connectivity index (χ3n) is 4.22. The van der Waals surface area contributed by atoms with E-state index in [4.69, 9.17) is 0 Å². The van der Waals surface area contributed by atoms with Crippen LogP contribution in [0, 0.1) is 0 Å². The van der Waals surface area contributed by atoms with Crippen molar-refractivity contribution in [3.05, 3.63) is 35.5 Å². The molecule has 1 aliphatic rings. The Morgan fingerprint density at radius 1 is 1.22 bits per heavy atom. The molecule has 2 aromatic rings. The first-order valence-corrected chi connectivity index (χ1v) is 7.86. The Bertz CT molecular complexity index is 719. The van der Waals surface area contributed by atoms with Gasteiger partial charge in [-0.05, 0) is 50.2 Å². The van der Waals surface area contributed by atoms with E-state index in [-0.39, 0.29) is 18.5 Å². The van der Waals surface area contributed by atoms with Crippen molar-refractivity contribution in [1.82, 2.24) is 20.1 Å². The number of aromatic nitrogens is 1. The molecule has 0 atom stereocenters. The summed E-state index contributed by atoms with van der Waals surface area (Å²) in [6, 6.07) is 5.99. The van der Waals surface area contributed by atoms with Gasteiger partial charge in [-0.25, -0.2) is 4.79 Å². The fraction of sp³-hybridized carbons (Fsp3) is 0.412. The van der Waals surface area contributed by atoms with Gasteiger partial charge in [0.05, 0.1) is 6.54 Å². The molecule has 6 heteroatoms. The third-order valence-corrected chi connectivity index (χ3v) is 4.22. The summed E-state index contributed by atoms with van der Waals surface area (Å²) in [5.41, 5.74) is 3.55. The van der Waals surface area contributed by atoms with Crippen LogP contribution in [0.1, 0.15) is 11.1 Å². The van der Waals surface area contributed by atoms with Crippen LogP contribution >= 0.6 is 0 Å². The number of aromatic amines is 1. The monoisotopic (exact) mass is 314 g/mol. The number of fused-ring (bicyclic) bond motifs is 1. The van der Waals surface area contributed by atoms with Crippen molar-refractivity contribution < 1.29 is 9.59 Å². The van der Waals surface area contributed by atoms with E-state index >= 15 is 0 Å².